The van der Waals surface area contributed by atoms with Gasteiger partial charge in [-0.15, -0.1) is 0 Å². The average molecular weight is 215 g/mol. The van der Waals surface area contributed by atoms with Gasteiger partial charge in [0.2, 0.25) is 5.82 Å². The number of nitrogens with zero attached hydrogens (tertiary/aromatic N) is 2. The highest BCUT2D eigenvalue weighted by Crippen LogP contribution is 2.31. The Labute approximate surface area is 83.3 Å². The number of hydrogen-bond acceptors (Lipinski definition) is 2. The molecule has 0 saturated heterocycles. The SMILES string of the molecule is Cc1cccn2c(C(F)(F)F)nc(N)c12. The molecule has 6 heteroatoms. The summed E-state index contributed by atoms with van der Waals surface area (Å²) in [6.07, 6.45) is -3.19. The largest absolute Gasteiger partial charge is 0.450 e. The molecule has 80 valence electrons. The highest BCUT2D eigenvalue weighted by molar-refractivity contribution is 5.71. The van der Waals surface area contributed by atoms with Crippen LogP contribution in [0.5, 0.6) is 0 Å². The molecule has 0 aliphatic carbocycles. The minimum Gasteiger partial charge on any atom is -0.382 e. The topological polar surface area (TPSA) is 43.3 Å². The van der Waals surface area contributed by atoms with Crippen LogP contribution in [0.1, 0.15) is 11.4 Å². The minimum atomic E-state index is -4.49. The van der Waals surface area contributed by atoms with E-state index < -0.39 is 12.0 Å². The molecular weight excluding hydrogens is 207 g/mol. The van der Waals surface area contributed by atoms with Gasteiger partial charge < -0.3 is 5.73 Å². The van der Waals surface area contributed by atoms with Crippen LogP contribution < -0.4 is 5.73 Å². The second kappa shape index (κ2) is 2.88. The Kier molecular flexibility index (Phi) is 1.89. The van der Waals surface area contributed by atoms with Crippen LogP contribution in [0.25, 0.3) is 5.52 Å². The Balaban J connectivity index is 2.85. The van der Waals surface area contributed by atoms with Crippen LogP contribution in [0.2, 0.25) is 0 Å². The predicted molar refractivity (Wildman–Crippen MR) is 49.3 cm³/mol. The summed E-state index contributed by atoms with van der Waals surface area (Å²) in [7, 11) is 0. The highest BCUT2D eigenvalue weighted by Gasteiger charge is 2.37. The molecule has 15 heavy (non-hydrogen) atoms. The summed E-state index contributed by atoms with van der Waals surface area (Å²) in [4.78, 5) is 3.34. The number of nitrogen functional groups attached to an aromatic ring is 1. The van der Waals surface area contributed by atoms with Gasteiger partial charge in [-0.25, -0.2) is 4.98 Å². The Bertz CT molecular complexity index is 513. The van der Waals surface area contributed by atoms with Gasteiger partial charge in [0.15, 0.2) is 5.82 Å². The molecule has 0 aromatic carbocycles. The van der Waals surface area contributed by atoms with Crippen molar-refractivity contribution in [2.45, 2.75) is 13.1 Å². The fourth-order valence-corrected chi connectivity index (χ4v) is 1.54. The van der Waals surface area contributed by atoms with Crippen molar-refractivity contribution in [2.75, 3.05) is 5.73 Å². The van der Waals surface area contributed by atoms with Gasteiger partial charge in [-0.2, -0.15) is 13.2 Å². The molecular formula is C9H8F3N3. The number of alkyl halides is 3. The number of fused-ring (bicyclic) bond motifs is 1. The Hall–Kier alpha value is -1.72. The number of rotatable bonds is 0. The van der Waals surface area contributed by atoms with Gasteiger partial charge >= 0.3 is 6.18 Å². The number of nitrogens with two attached hydrogens (primary N) is 1. The van der Waals surface area contributed by atoms with E-state index in [4.69, 9.17) is 5.73 Å². The fourth-order valence-electron chi connectivity index (χ4n) is 1.54. The van der Waals surface area contributed by atoms with Crippen LogP contribution in [0.3, 0.4) is 0 Å². The summed E-state index contributed by atoms with van der Waals surface area (Å²) in [5, 5.41) is 0. The normalized spacial score (nSPS) is 12.3. The third kappa shape index (κ3) is 1.42. The predicted octanol–water partition coefficient (Wildman–Crippen LogP) is 2.24. The zero-order chi connectivity index (χ0) is 11.2. The van der Waals surface area contributed by atoms with E-state index in [1.165, 1.54) is 12.3 Å². The second-order valence-electron chi connectivity index (χ2n) is 3.23. The molecule has 0 amide bonds. The van der Waals surface area contributed by atoms with Crippen LogP contribution in [0.15, 0.2) is 18.3 Å². The molecule has 2 aromatic rings. The summed E-state index contributed by atoms with van der Waals surface area (Å²) in [6.45, 7) is 1.69. The molecule has 2 N–H and O–H groups in total. The van der Waals surface area contributed by atoms with E-state index in [1.54, 1.807) is 13.0 Å². The van der Waals surface area contributed by atoms with Crippen LogP contribution in [-0.4, -0.2) is 9.38 Å². The molecule has 0 spiro atoms. The maximum Gasteiger partial charge on any atom is 0.450 e. The lowest BCUT2D eigenvalue weighted by Gasteiger charge is -2.05. The van der Waals surface area contributed by atoms with Crippen LogP contribution in [0, 0.1) is 6.92 Å². The molecule has 2 rings (SSSR count). The van der Waals surface area contributed by atoms with Gasteiger partial charge in [0.25, 0.3) is 0 Å². The van der Waals surface area contributed by atoms with E-state index >= 15 is 0 Å². The molecule has 2 heterocycles. The Morgan fingerprint density at radius 3 is 2.67 bits per heavy atom. The monoisotopic (exact) mass is 215 g/mol. The first-order chi connectivity index (χ1) is 6.91. The fraction of sp³-hybridized carbons (Fsp3) is 0.222. The summed E-state index contributed by atoms with van der Waals surface area (Å²) < 4.78 is 38.5. The standard InChI is InChI=1S/C9H8F3N3/c1-5-3-2-4-15-6(5)7(13)14-8(15)9(10,11)12/h2-4H,13H2,1H3. The van der Waals surface area contributed by atoms with Gasteiger partial charge in [-0.1, -0.05) is 6.07 Å². The van der Waals surface area contributed by atoms with Gasteiger partial charge in [-0.05, 0) is 18.6 Å². The van der Waals surface area contributed by atoms with E-state index in [1.807, 2.05) is 0 Å². The molecule has 0 atom stereocenters. The van der Waals surface area contributed by atoms with Gasteiger partial charge in [0, 0.05) is 6.20 Å². The van der Waals surface area contributed by atoms with Crippen molar-refractivity contribution in [2.24, 2.45) is 0 Å². The highest BCUT2D eigenvalue weighted by atomic mass is 19.4. The molecule has 0 bridgehead atoms. The van der Waals surface area contributed by atoms with Crippen LogP contribution >= 0.6 is 0 Å². The van der Waals surface area contributed by atoms with E-state index in [0.29, 0.717) is 11.1 Å². The van der Waals surface area contributed by atoms with Crippen molar-refractivity contribution in [1.29, 1.82) is 0 Å². The number of halogens is 3. The molecule has 0 radical (unpaired) electrons. The zero-order valence-corrected chi connectivity index (χ0v) is 7.84. The number of pyridine rings is 1. The molecule has 0 unspecified atom stereocenters. The smallest absolute Gasteiger partial charge is 0.382 e. The number of hydrogen-bond donors (Lipinski definition) is 1. The van der Waals surface area contributed by atoms with Crippen molar-refractivity contribution < 1.29 is 13.2 Å². The summed E-state index contributed by atoms with van der Waals surface area (Å²) in [5.74, 6) is -1.08. The lowest BCUT2D eigenvalue weighted by Crippen LogP contribution is -2.10. The van der Waals surface area contributed by atoms with Crippen LogP contribution in [0.4, 0.5) is 19.0 Å². The minimum absolute atomic E-state index is 0.0968. The van der Waals surface area contributed by atoms with Crippen LogP contribution in [-0.2, 0) is 6.18 Å². The number of aromatic nitrogens is 2. The molecule has 3 nitrogen and oxygen atoms in total. The van der Waals surface area contributed by atoms with E-state index in [0.717, 1.165) is 4.40 Å². The van der Waals surface area contributed by atoms with E-state index in [2.05, 4.69) is 4.98 Å². The summed E-state index contributed by atoms with van der Waals surface area (Å²) >= 11 is 0. The number of anilines is 1. The van der Waals surface area contributed by atoms with Gasteiger partial charge in [0.05, 0.1) is 5.52 Å². The van der Waals surface area contributed by atoms with Gasteiger partial charge in [0.1, 0.15) is 0 Å². The number of aryl methyl sites for hydroxylation is 1. The molecule has 0 aliphatic rings. The average Bonchev–Trinajstić information content (AvgIpc) is 2.44. The molecule has 2 aromatic heterocycles. The number of imidazole rings is 1. The first-order valence-electron chi connectivity index (χ1n) is 4.21. The molecule has 0 saturated carbocycles. The van der Waals surface area contributed by atoms with Gasteiger partial charge in [-0.3, -0.25) is 4.40 Å². The van der Waals surface area contributed by atoms with Crippen molar-refractivity contribution >= 4 is 11.3 Å². The maximum atomic E-state index is 12.5. The lowest BCUT2D eigenvalue weighted by atomic mass is 10.2. The summed E-state index contributed by atoms with van der Waals surface area (Å²) in [6, 6.07) is 3.21. The van der Waals surface area contributed by atoms with E-state index in [-0.39, 0.29) is 5.82 Å². The third-order valence-electron chi connectivity index (χ3n) is 2.15. The lowest BCUT2D eigenvalue weighted by molar-refractivity contribution is -0.145. The molecule has 0 fully saturated rings. The summed E-state index contributed by atoms with van der Waals surface area (Å²) in [5.41, 5.74) is 6.42. The first kappa shape index (κ1) is 9.82. The van der Waals surface area contributed by atoms with Crippen molar-refractivity contribution in [3.63, 3.8) is 0 Å². The maximum absolute atomic E-state index is 12.5. The van der Waals surface area contributed by atoms with Crippen molar-refractivity contribution in [3.8, 4) is 0 Å². The van der Waals surface area contributed by atoms with E-state index in [9.17, 15) is 13.2 Å². The zero-order valence-electron chi connectivity index (χ0n) is 7.84. The Morgan fingerprint density at radius 1 is 1.40 bits per heavy atom. The third-order valence-corrected chi connectivity index (χ3v) is 2.15. The molecule has 0 aliphatic heterocycles. The van der Waals surface area contributed by atoms with Crippen molar-refractivity contribution in [1.82, 2.24) is 9.38 Å². The second-order valence-corrected chi connectivity index (χ2v) is 3.23. The quantitative estimate of drug-likeness (QED) is 0.732. The first-order valence-corrected chi connectivity index (χ1v) is 4.21. The Morgan fingerprint density at radius 2 is 2.07 bits per heavy atom. The van der Waals surface area contributed by atoms with Crippen molar-refractivity contribution in [3.05, 3.63) is 29.7 Å².